The lowest BCUT2D eigenvalue weighted by Crippen LogP contribution is -1.91. The van der Waals surface area contributed by atoms with E-state index in [1.54, 1.807) is 6.20 Å². The molecule has 0 radical (unpaired) electrons. The number of aryl methyl sites for hydroxylation is 1. The summed E-state index contributed by atoms with van der Waals surface area (Å²) in [6, 6.07) is 9.37. The number of hydrogen-bond donors (Lipinski definition) is 2. The molecule has 0 amide bonds. The summed E-state index contributed by atoms with van der Waals surface area (Å²) in [5.74, 6) is -1.78. The molecule has 22 heavy (non-hydrogen) atoms. The van der Waals surface area contributed by atoms with Crippen molar-refractivity contribution in [1.29, 1.82) is 0 Å². The second kappa shape index (κ2) is 8.53. The maximum absolute atomic E-state index is 9.55. The van der Waals surface area contributed by atoms with E-state index in [1.165, 1.54) is 0 Å². The maximum atomic E-state index is 9.55. The summed E-state index contributed by atoms with van der Waals surface area (Å²) in [7, 11) is 0. The molecule has 6 nitrogen and oxygen atoms in total. The molecule has 0 aliphatic rings. The van der Waals surface area contributed by atoms with Crippen molar-refractivity contribution in [2.75, 3.05) is 0 Å². The average molecular weight is 321 g/mol. The van der Waals surface area contributed by atoms with Gasteiger partial charge in [0.05, 0.1) is 0 Å². The van der Waals surface area contributed by atoms with Crippen molar-refractivity contribution >= 4 is 23.5 Å². The first-order valence-corrected chi connectivity index (χ1v) is 6.46. The zero-order chi connectivity index (χ0) is 16.5. The van der Waals surface area contributed by atoms with Gasteiger partial charge in [-0.15, -0.1) is 0 Å². The van der Waals surface area contributed by atoms with Gasteiger partial charge in [-0.05, 0) is 37.3 Å². The van der Waals surface area contributed by atoms with Crippen LogP contribution in [0.5, 0.6) is 0 Å². The molecule has 1 heterocycles. The largest absolute Gasteiger partial charge is 0.478 e. The van der Waals surface area contributed by atoms with E-state index < -0.39 is 11.9 Å². The van der Waals surface area contributed by atoms with Crippen molar-refractivity contribution in [1.82, 2.24) is 9.97 Å². The molecule has 0 saturated carbocycles. The summed E-state index contributed by atoms with van der Waals surface area (Å²) in [6.07, 6.45) is 2.87. The molecule has 2 aromatic rings. The molecule has 0 atom stereocenters. The van der Waals surface area contributed by atoms with Gasteiger partial charge < -0.3 is 10.2 Å². The van der Waals surface area contributed by atoms with Gasteiger partial charge in [0.2, 0.25) is 0 Å². The molecular formula is C15H13ClN2O4. The van der Waals surface area contributed by atoms with Crippen molar-refractivity contribution in [3.05, 3.63) is 59.4 Å². The monoisotopic (exact) mass is 320 g/mol. The van der Waals surface area contributed by atoms with Gasteiger partial charge in [-0.2, -0.15) is 0 Å². The molecule has 7 heteroatoms. The zero-order valence-corrected chi connectivity index (χ0v) is 12.4. The fraction of sp³-hybridized carbons (Fsp3) is 0.0667. The van der Waals surface area contributed by atoms with E-state index in [9.17, 15) is 9.59 Å². The van der Waals surface area contributed by atoms with Crippen LogP contribution in [-0.2, 0) is 9.59 Å². The van der Waals surface area contributed by atoms with Crippen LogP contribution in [0, 0.1) is 6.92 Å². The second-order valence-electron chi connectivity index (χ2n) is 4.04. The lowest BCUT2D eigenvalue weighted by molar-refractivity contribution is -0.134. The predicted molar refractivity (Wildman–Crippen MR) is 81.6 cm³/mol. The highest BCUT2D eigenvalue weighted by molar-refractivity contribution is 6.30. The summed E-state index contributed by atoms with van der Waals surface area (Å²) >= 11 is 5.79. The van der Waals surface area contributed by atoms with E-state index in [0.717, 1.165) is 22.1 Å². The molecule has 2 rings (SSSR count). The fourth-order valence-corrected chi connectivity index (χ4v) is 1.46. The average Bonchev–Trinajstić information content (AvgIpc) is 2.46. The quantitative estimate of drug-likeness (QED) is 0.843. The van der Waals surface area contributed by atoms with Gasteiger partial charge in [0, 0.05) is 34.6 Å². The number of carboxylic acids is 2. The molecule has 114 valence electrons. The minimum Gasteiger partial charge on any atom is -0.478 e. The van der Waals surface area contributed by atoms with Crippen LogP contribution < -0.4 is 0 Å². The van der Waals surface area contributed by atoms with Crippen LogP contribution in [0.25, 0.3) is 11.4 Å². The van der Waals surface area contributed by atoms with Crippen molar-refractivity contribution in [2.24, 2.45) is 0 Å². The van der Waals surface area contributed by atoms with Gasteiger partial charge in [-0.25, -0.2) is 19.6 Å². The topological polar surface area (TPSA) is 100 Å². The molecule has 0 saturated heterocycles. The fourth-order valence-electron chi connectivity index (χ4n) is 1.33. The first kappa shape index (κ1) is 17.3. The van der Waals surface area contributed by atoms with Crippen LogP contribution in [0.2, 0.25) is 5.02 Å². The van der Waals surface area contributed by atoms with E-state index >= 15 is 0 Å². The molecule has 0 bridgehead atoms. The molecule has 0 unspecified atom stereocenters. The number of aliphatic carboxylic acids is 2. The van der Waals surface area contributed by atoms with E-state index in [2.05, 4.69) is 9.97 Å². The predicted octanol–water partition coefficient (Wildman–Crippen LogP) is 2.82. The van der Waals surface area contributed by atoms with Gasteiger partial charge in [-0.3, -0.25) is 0 Å². The molecule has 1 aromatic heterocycles. The van der Waals surface area contributed by atoms with Crippen molar-refractivity contribution in [3.63, 3.8) is 0 Å². The van der Waals surface area contributed by atoms with Gasteiger partial charge >= 0.3 is 11.9 Å². The first-order valence-electron chi connectivity index (χ1n) is 6.08. The number of carbonyl (C=O) groups is 2. The number of nitrogens with zero attached hydrogens (tertiary/aromatic N) is 2. The molecule has 0 aliphatic carbocycles. The highest BCUT2D eigenvalue weighted by Crippen LogP contribution is 2.17. The van der Waals surface area contributed by atoms with Crippen LogP contribution in [-0.4, -0.2) is 32.1 Å². The van der Waals surface area contributed by atoms with E-state index in [0.29, 0.717) is 12.2 Å². The van der Waals surface area contributed by atoms with E-state index in [4.69, 9.17) is 21.8 Å². The van der Waals surface area contributed by atoms with Gasteiger partial charge in [0.15, 0.2) is 5.82 Å². The number of benzene rings is 1. The Bertz CT molecular complexity index is 668. The Kier molecular flexibility index (Phi) is 6.72. The summed E-state index contributed by atoms with van der Waals surface area (Å²) in [5, 5.41) is 16.3. The number of carboxylic acid groups (broad SMARTS) is 2. The Morgan fingerprint density at radius 2 is 1.59 bits per heavy atom. The first-order chi connectivity index (χ1) is 10.4. The molecule has 1 aromatic carbocycles. The number of rotatable bonds is 3. The molecular weight excluding hydrogens is 308 g/mol. The lowest BCUT2D eigenvalue weighted by Gasteiger charge is -2.00. The SMILES string of the molecule is Cc1ccnc(-c2ccc(Cl)cc2)n1.O=C(O)/C=C\C(=O)O. The van der Waals surface area contributed by atoms with Crippen molar-refractivity contribution in [2.45, 2.75) is 6.92 Å². The Labute approximate surface area is 131 Å². The smallest absolute Gasteiger partial charge is 0.328 e. The Hall–Kier alpha value is -2.73. The van der Waals surface area contributed by atoms with Crippen molar-refractivity contribution in [3.8, 4) is 11.4 Å². The summed E-state index contributed by atoms with van der Waals surface area (Å²) in [4.78, 5) is 27.6. The third-order valence-electron chi connectivity index (χ3n) is 2.27. The molecule has 0 spiro atoms. The van der Waals surface area contributed by atoms with Crippen LogP contribution in [0.4, 0.5) is 0 Å². The normalized spacial score (nSPS) is 9.91. The third kappa shape index (κ3) is 6.62. The maximum Gasteiger partial charge on any atom is 0.328 e. The molecule has 2 N–H and O–H groups in total. The highest BCUT2D eigenvalue weighted by Gasteiger charge is 1.99. The van der Waals surface area contributed by atoms with Crippen LogP contribution >= 0.6 is 11.6 Å². The number of aromatic nitrogens is 2. The number of halogens is 1. The van der Waals surface area contributed by atoms with Gasteiger partial charge in [-0.1, -0.05) is 11.6 Å². The van der Waals surface area contributed by atoms with E-state index in [1.807, 2.05) is 37.3 Å². The molecule has 0 fully saturated rings. The third-order valence-corrected chi connectivity index (χ3v) is 2.52. The lowest BCUT2D eigenvalue weighted by atomic mass is 10.2. The summed E-state index contributed by atoms with van der Waals surface area (Å²) < 4.78 is 0. The Balaban J connectivity index is 0.000000261. The zero-order valence-electron chi connectivity index (χ0n) is 11.6. The van der Waals surface area contributed by atoms with Gasteiger partial charge in [0.1, 0.15) is 0 Å². The highest BCUT2D eigenvalue weighted by atomic mass is 35.5. The standard InChI is InChI=1S/C11H9ClN2.C4H4O4/c1-8-6-7-13-11(14-8)9-2-4-10(12)5-3-9;5-3(6)1-2-4(7)8/h2-7H,1H3;1-2H,(H,5,6)(H,7,8)/b;2-1-. The van der Waals surface area contributed by atoms with Gasteiger partial charge in [0.25, 0.3) is 0 Å². The van der Waals surface area contributed by atoms with Crippen molar-refractivity contribution < 1.29 is 19.8 Å². The Morgan fingerprint density at radius 1 is 1.05 bits per heavy atom. The second-order valence-corrected chi connectivity index (χ2v) is 4.47. The summed E-state index contributed by atoms with van der Waals surface area (Å²) in [5.41, 5.74) is 1.95. The van der Waals surface area contributed by atoms with E-state index in [-0.39, 0.29) is 0 Å². The minimum absolute atomic E-state index is 0.558. The van der Waals surface area contributed by atoms with Crippen LogP contribution in [0.15, 0.2) is 48.7 Å². The van der Waals surface area contributed by atoms with Crippen LogP contribution in [0.1, 0.15) is 5.69 Å². The van der Waals surface area contributed by atoms with Crippen LogP contribution in [0.3, 0.4) is 0 Å². The number of hydrogen-bond acceptors (Lipinski definition) is 4. The summed E-state index contributed by atoms with van der Waals surface area (Å²) in [6.45, 7) is 1.95. The Morgan fingerprint density at radius 3 is 2.05 bits per heavy atom. The molecule has 0 aliphatic heterocycles. The minimum atomic E-state index is -1.26.